The molecule has 0 aliphatic heterocycles. The number of amides is 1. The molecule has 106 valence electrons. The van der Waals surface area contributed by atoms with Gasteiger partial charge in [0.05, 0.1) is 0 Å². The van der Waals surface area contributed by atoms with Crippen molar-refractivity contribution in [3.63, 3.8) is 0 Å². The quantitative estimate of drug-likeness (QED) is 0.709. The lowest BCUT2D eigenvalue weighted by Crippen LogP contribution is -2.34. The van der Waals surface area contributed by atoms with Gasteiger partial charge in [-0.25, -0.2) is 0 Å². The second-order valence-corrected chi connectivity index (χ2v) is 4.84. The fourth-order valence-corrected chi connectivity index (χ4v) is 2.08. The number of rotatable bonds is 7. The summed E-state index contributed by atoms with van der Waals surface area (Å²) in [5.74, 6) is -0.461. The zero-order valence-corrected chi connectivity index (χ0v) is 11.6. The van der Waals surface area contributed by atoms with Crippen molar-refractivity contribution in [2.24, 2.45) is 0 Å². The summed E-state index contributed by atoms with van der Waals surface area (Å²) in [6.45, 7) is 4.21. The van der Waals surface area contributed by atoms with Crippen LogP contribution in [0.4, 0.5) is 0 Å². The van der Waals surface area contributed by atoms with E-state index < -0.39 is 0 Å². The standard InChI is InChI=1S/C15H23NO3/c1-3-5-7-12(6-4-2)16-15(19)11-8-13(17)10-14(18)9-11/h8-10,12,17-18H,3-7H2,1-2H3,(H,16,19). The van der Waals surface area contributed by atoms with Crippen LogP contribution in [0.2, 0.25) is 0 Å². The Kier molecular flexibility index (Phi) is 6.19. The molecule has 0 aromatic heterocycles. The number of carbonyl (C=O) groups is 1. The van der Waals surface area contributed by atoms with Gasteiger partial charge in [-0.15, -0.1) is 0 Å². The maximum atomic E-state index is 12.1. The van der Waals surface area contributed by atoms with Gasteiger partial charge in [0, 0.05) is 17.7 Å². The number of phenolic OH excluding ortho intramolecular Hbond substituents is 2. The van der Waals surface area contributed by atoms with Crippen molar-refractivity contribution in [1.82, 2.24) is 5.32 Å². The monoisotopic (exact) mass is 265 g/mol. The van der Waals surface area contributed by atoms with Crippen LogP contribution in [0.1, 0.15) is 56.3 Å². The van der Waals surface area contributed by atoms with Crippen LogP contribution in [0.3, 0.4) is 0 Å². The third-order valence-electron chi connectivity index (χ3n) is 3.04. The third-order valence-corrected chi connectivity index (χ3v) is 3.04. The summed E-state index contributed by atoms with van der Waals surface area (Å²) in [6, 6.07) is 4.08. The smallest absolute Gasteiger partial charge is 0.251 e. The van der Waals surface area contributed by atoms with Gasteiger partial charge in [0.25, 0.3) is 5.91 Å². The van der Waals surface area contributed by atoms with Crippen molar-refractivity contribution in [2.45, 2.75) is 52.0 Å². The molecule has 1 aromatic carbocycles. The normalized spacial score (nSPS) is 12.1. The summed E-state index contributed by atoms with van der Waals surface area (Å²) < 4.78 is 0. The number of phenols is 2. The zero-order chi connectivity index (χ0) is 14.3. The first-order chi connectivity index (χ1) is 9.06. The van der Waals surface area contributed by atoms with Gasteiger partial charge in [-0.05, 0) is 25.0 Å². The topological polar surface area (TPSA) is 69.6 Å². The predicted molar refractivity (Wildman–Crippen MR) is 75.5 cm³/mol. The Morgan fingerprint density at radius 3 is 2.26 bits per heavy atom. The molecule has 0 aliphatic carbocycles. The van der Waals surface area contributed by atoms with E-state index in [1.54, 1.807) is 0 Å². The van der Waals surface area contributed by atoms with Crippen LogP contribution >= 0.6 is 0 Å². The van der Waals surface area contributed by atoms with E-state index in [4.69, 9.17) is 0 Å². The summed E-state index contributed by atoms with van der Waals surface area (Å²) in [6.07, 6.45) is 5.09. The van der Waals surface area contributed by atoms with Gasteiger partial charge in [0.15, 0.2) is 0 Å². The van der Waals surface area contributed by atoms with Crippen LogP contribution in [0.15, 0.2) is 18.2 Å². The van der Waals surface area contributed by atoms with Crippen LogP contribution in [0, 0.1) is 0 Å². The molecule has 1 atom stereocenters. The largest absolute Gasteiger partial charge is 0.508 e. The zero-order valence-electron chi connectivity index (χ0n) is 11.6. The van der Waals surface area contributed by atoms with Crippen molar-refractivity contribution >= 4 is 5.91 Å². The highest BCUT2D eigenvalue weighted by molar-refractivity contribution is 5.95. The molecule has 1 aromatic rings. The average molecular weight is 265 g/mol. The van der Waals surface area contributed by atoms with Crippen molar-refractivity contribution in [3.05, 3.63) is 23.8 Å². The summed E-state index contributed by atoms with van der Waals surface area (Å²) in [7, 11) is 0. The van der Waals surface area contributed by atoms with Crippen LogP contribution in [0.25, 0.3) is 0 Å². The number of benzene rings is 1. The average Bonchev–Trinajstić information content (AvgIpc) is 2.35. The second kappa shape index (κ2) is 7.67. The summed E-state index contributed by atoms with van der Waals surface area (Å²) in [5.41, 5.74) is 0.287. The van der Waals surface area contributed by atoms with Crippen molar-refractivity contribution in [2.75, 3.05) is 0 Å². The van der Waals surface area contributed by atoms with E-state index in [9.17, 15) is 15.0 Å². The molecule has 19 heavy (non-hydrogen) atoms. The highest BCUT2D eigenvalue weighted by Gasteiger charge is 2.14. The third kappa shape index (κ3) is 5.20. The molecular formula is C15H23NO3. The molecule has 4 nitrogen and oxygen atoms in total. The number of aromatic hydroxyl groups is 2. The summed E-state index contributed by atoms with van der Waals surface area (Å²) in [4.78, 5) is 12.1. The lowest BCUT2D eigenvalue weighted by Gasteiger charge is -2.18. The Balaban J connectivity index is 2.69. The molecule has 1 unspecified atom stereocenters. The van der Waals surface area contributed by atoms with E-state index >= 15 is 0 Å². The van der Waals surface area contributed by atoms with Gasteiger partial charge >= 0.3 is 0 Å². The molecule has 0 saturated carbocycles. The van der Waals surface area contributed by atoms with Gasteiger partial charge < -0.3 is 15.5 Å². The Morgan fingerprint density at radius 1 is 1.11 bits per heavy atom. The van der Waals surface area contributed by atoms with Gasteiger partial charge in [-0.1, -0.05) is 33.1 Å². The molecule has 4 heteroatoms. The Morgan fingerprint density at radius 2 is 1.74 bits per heavy atom. The molecule has 1 amide bonds. The molecule has 0 radical (unpaired) electrons. The fourth-order valence-electron chi connectivity index (χ4n) is 2.08. The highest BCUT2D eigenvalue weighted by atomic mass is 16.3. The summed E-state index contributed by atoms with van der Waals surface area (Å²) in [5, 5.41) is 21.7. The minimum absolute atomic E-state index is 0.106. The first-order valence-corrected chi connectivity index (χ1v) is 6.90. The number of unbranched alkanes of at least 4 members (excludes halogenated alkanes) is 1. The molecule has 0 heterocycles. The highest BCUT2D eigenvalue weighted by Crippen LogP contribution is 2.20. The predicted octanol–water partition coefficient (Wildman–Crippen LogP) is 3.19. The first kappa shape index (κ1) is 15.3. The lowest BCUT2D eigenvalue weighted by atomic mass is 10.0. The van der Waals surface area contributed by atoms with E-state index in [-0.39, 0.29) is 29.0 Å². The minimum Gasteiger partial charge on any atom is -0.508 e. The van der Waals surface area contributed by atoms with Gasteiger partial charge in [-0.2, -0.15) is 0 Å². The molecule has 0 fully saturated rings. The van der Waals surface area contributed by atoms with Crippen LogP contribution < -0.4 is 5.32 Å². The maximum Gasteiger partial charge on any atom is 0.251 e. The number of hydrogen-bond acceptors (Lipinski definition) is 3. The number of nitrogens with one attached hydrogen (secondary N) is 1. The van der Waals surface area contributed by atoms with E-state index in [2.05, 4.69) is 19.2 Å². The molecule has 0 bridgehead atoms. The van der Waals surface area contributed by atoms with Crippen LogP contribution in [-0.2, 0) is 0 Å². The van der Waals surface area contributed by atoms with E-state index in [1.165, 1.54) is 18.2 Å². The first-order valence-electron chi connectivity index (χ1n) is 6.90. The molecule has 0 spiro atoms. The van der Waals surface area contributed by atoms with Gasteiger partial charge in [-0.3, -0.25) is 4.79 Å². The van der Waals surface area contributed by atoms with Crippen molar-refractivity contribution in [1.29, 1.82) is 0 Å². The number of carbonyl (C=O) groups excluding carboxylic acids is 1. The van der Waals surface area contributed by atoms with Crippen LogP contribution in [-0.4, -0.2) is 22.2 Å². The molecule has 0 aliphatic rings. The molecule has 1 rings (SSSR count). The van der Waals surface area contributed by atoms with E-state index in [0.717, 1.165) is 32.1 Å². The fraction of sp³-hybridized carbons (Fsp3) is 0.533. The van der Waals surface area contributed by atoms with Crippen molar-refractivity contribution < 1.29 is 15.0 Å². The maximum absolute atomic E-state index is 12.1. The Bertz CT molecular complexity index is 398. The molecular weight excluding hydrogens is 242 g/mol. The van der Waals surface area contributed by atoms with Crippen molar-refractivity contribution in [3.8, 4) is 11.5 Å². The number of hydrogen-bond donors (Lipinski definition) is 3. The van der Waals surface area contributed by atoms with E-state index in [0.29, 0.717) is 0 Å². The minimum atomic E-state index is -0.249. The lowest BCUT2D eigenvalue weighted by molar-refractivity contribution is 0.0931. The Hall–Kier alpha value is -1.71. The van der Waals surface area contributed by atoms with Gasteiger partial charge in [0.2, 0.25) is 0 Å². The molecule has 3 N–H and O–H groups in total. The SMILES string of the molecule is CCCCC(CCC)NC(=O)c1cc(O)cc(O)c1. The van der Waals surface area contributed by atoms with E-state index in [1.807, 2.05) is 0 Å². The molecule has 0 saturated heterocycles. The van der Waals surface area contributed by atoms with Gasteiger partial charge in [0.1, 0.15) is 11.5 Å². The summed E-state index contributed by atoms with van der Waals surface area (Å²) >= 11 is 0. The van der Waals surface area contributed by atoms with Crippen LogP contribution in [0.5, 0.6) is 11.5 Å². The Labute approximate surface area is 114 Å². The second-order valence-electron chi connectivity index (χ2n) is 4.84.